The highest BCUT2D eigenvalue weighted by Crippen LogP contribution is 2.48. The van der Waals surface area contributed by atoms with Crippen LogP contribution in [0.4, 0.5) is 11.4 Å². The maximum Gasteiger partial charge on any atom is 0.262 e. The third kappa shape index (κ3) is 2.14. The molecule has 4 rings (SSSR count). The van der Waals surface area contributed by atoms with Crippen molar-refractivity contribution in [2.45, 2.75) is 25.3 Å². The SMILES string of the molecule is NC1C2CCC(C2)C1C(=O)Nc1ccc2c(c1)OCC(=O)N2. The maximum atomic E-state index is 12.5. The molecular formula is C16H19N3O3. The molecule has 0 saturated heterocycles. The second-order valence-corrected chi connectivity index (χ2v) is 6.47. The summed E-state index contributed by atoms with van der Waals surface area (Å²) in [6.45, 7) is 0.00164. The fourth-order valence-electron chi connectivity index (χ4n) is 4.10. The summed E-state index contributed by atoms with van der Waals surface area (Å²) in [4.78, 5) is 23.8. The molecule has 4 atom stereocenters. The molecule has 22 heavy (non-hydrogen) atoms. The lowest BCUT2D eigenvalue weighted by molar-refractivity contribution is -0.122. The number of hydrogen-bond donors (Lipinski definition) is 3. The topological polar surface area (TPSA) is 93.5 Å². The van der Waals surface area contributed by atoms with Crippen LogP contribution in [0.25, 0.3) is 0 Å². The average Bonchev–Trinajstić information content (AvgIpc) is 3.08. The third-order valence-electron chi connectivity index (χ3n) is 5.17. The highest BCUT2D eigenvalue weighted by atomic mass is 16.5. The largest absolute Gasteiger partial charge is 0.482 e. The Balaban J connectivity index is 1.49. The molecular weight excluding hydrogens is 282 g/mol. The summed E-state index contributed by atoms with van der Waals surface area (Å²) in [7, 11) is 0. The average molecular weight is 301 g/mol. The molecule has 2 fully saturated rings. The van der Waals surface area contributed by atoms with Crippen LogP contribution >= 0.6 is 0 Å². The molecule has 4 unspecified atom stereocenters. The summed E-state index contributed by atoms with van der Waals surface area (Å²) in [6.07, 6.45) is 3.34. The van der Waals surface area contributed by atoms with Crippen molar-refractivity contribution in [3.05, 3.63) is 18.2 Å². The number of anilines is 2. The van der Waals surface area contributed by atoms with Crippen molar-refractivity contribution in [3.8, 4) is 5.75 Å². The highest BCUT2D eigenvalue weighted by molar-refractivity contribution is 5.97. The molecule has 116 valence electrons. The number of hydrogen-bond acceptors (Lipinski definition) is 4. The van der Waals surface area contributed by atoms with Crippen LogP contribution < -0.4 is 21.1 Å². The van der Waals surface area contributed by atoms with E-state index < -0.39 is 0 Å². The number of rotatable bonds is 2. The Morgan fingerprint density at radius 2 is 2.14 bits per heavy atom. The first-order chi connectivity index (χ1) is 10.6. The lowest BCUT2D eigenvalue weighted by atomic mass is 9.84. The second kappa shape index (κ2) is 4.98. The second-order valence-electron chi connectivity index (χ2n) is 6.47. The van der Waals surface area contributed by atoms with Crippen molar-refractivity contribution in [3.63, 3.8) is 0 Å². The van der Waals surface area contributed by atoms with Crippen molar-refractivity contribution < 1.29 is 14.3 Å². The first-order valence-electron chi connectivity index (χ1n) is 7.75. The Labute approximate surface area is 128 Å². The molecule has 1 aromatic carbocycles. The zero-order valence-corrected chi connectivity index (χ0v) is 12.2. The molecule has 4 N–H and O–H groups in total. The van der Waals surface area contributed by atoms with Crippen LogP contribution in [0, 0.1) is 17.8 Å². The van der Waals surface area contributed by atoms with Gasteiger partial charge in [-0.25, -0.2) is 0 Å². The Bertz CT molecular complexity index is 644. The van der Waals surface area contributed by atoms with Gasteiger partial charge in [0.25, 0.3) is 5.91 Å². The van der Waals surface area contributed by atoms with E-state index in [0.717, 1.165) is 19.3 Å². The molecule has 6 nitrogen and oxygen atoms in total. The van der Waals surface area contributed by atoms with E-state index in [1.54, 1.807) is 18.2 Å². The lowest BCUT2D eigenvalue weighted by Crippen LogP contribution is -2.42. The van der Waals surface area contributed by atoms with Crippen LogP contribution in [0.2, 0.25) is 0 Å². The minimum atomic E-state index is -0.169. The number of amides is 2. The van der Waals surface area contributed by atoms with E-state index in [1.165, 1.54) is 0 Å². The van der Waals surface area contributed by atoms with Gasteiger partial charge in [-0.15, -0.1) is 0 Å². The van der Waals surface area contributed by atoms with Crippen molar-refractivity contribution >= 4 is 23.2 Å². The number of fused-ring (bicyclic) bond motifs is 3. The smallest absolute Gasteiger partial charge is 0.262 e. The standard InChI is InChI=1S/C16H19N3O3/c17-15-9-2-1-8(5-9)14(15)16(21)18-10-3-4-11-12(6-10)22-7-13(20)19-11/h3-4,6,8-9,14-15H,1-2,5,7,17H2,(H,18,21)(H,19,20). The van der Waals surface area contributed by atoms with E-state index in [1.807, 2.05) is 0 Å². The minimum absolute atomic E-state index is 0.000468. The number of nitrogens with two attached hydrogens (primary N) is 1. The molecule has 1 aromatic rings. The third-order valence-corrected chi connectivity index (χ3v) is 5.17. The summed E-state index contributed by atoms with van der Waals surface area (Å²) in [5.41, 5.74) is 7.52. The Morgan fingerprint density at radius 3 is 2.91 bits per heavy atom. The molecule has 6 heteroatoms. The molecule has 1 heterocycles. The Morgan fingerprint density at radius 1 is 1.32 bits per heavy atom. The van der Waals surface area contributed by atoms with Crippen LogP contribution in [0.3, 0.4) is 0 Å². The summed E-state index contributed by atoms with van der Waals surface area (Å²) >= 11 is 0. The van der Waals surface area contributed by atoms with Crippen LogP contribution in [-0.4, -0.2) is 24.5 Å². The molecule has 2 aliphatic carbocycles. The summed E-state index contributed by atoms with van der Waals surface area (Å²) < 4.78 is 5.37. The van der Waals surface area contributed by atoms with Crippen LogP contribution in [0.5, 0.6) is 5.75 Å². The van der Waals surface area contributed by atoms with E-state index in [0.29, 0.717) is 29.0 Å². The number of carbonyl (C=O) groups is 2. The summed E-state index contributed by atoms with van der Waals surface area (Å²) in [5.74, 6) is 1.25. The van der Waals surface area contributed by atoms with E-state index in [-0.39, 0.29) is 30.4 Å². The Kier molecular flexibility index (Phi) is 3.07. The predicted octanol–water partition coefficient (Wildman–Crippen LogP) is 1.33. The molecule has 2 saturated carbocycles. The van der Waals surface area contributed by atoms with E-state index in [4.69, 9.17) is 10.5 Å². The van der Waals surface area contributed by atoms with Gasteiger partial charge in [-0.3, -0.25) is 9.59 Å². The quantitative estimate of drug-likeness (QED) is 0.768. The predicted molar refractivity (Wildman–Crippen MR) is 81.5 cm³/mol. The number of benzene rings is 1. The van der Waals surface area contributed by atoms with Crippen molar-refractivity contribution in [2.75, 3.05) is 17.2 Å². The Hall–Kier alpha value is -2.08. The zero-order valence-electron chi connectivity index (χ0n) is 12.2. The number of carbonyl (C=O) groups excluding carboxylic acids is 2. The van der Waals surface area contributed by atoms with Crippen LogP contribution in [0.15, 0.2) is 18.2 Å². The summed E-state index contributed by atoms with van der Waals surface area (Å²) in [6, 6.07) is 5.23. The van der Waals surface area contributed by atoms with Gasteiger partial charge >= 0.3 is 0 Å². The van der Waals surface area contributed by atoms with Crippen molar-refractivity contribution in [1.82, 2.24) is 0 Å². The molecule has 0 aromatic heterocycles. The molecule has 2 amide bonds. The first-order valence-corrected chi connectivity index (χ1v) is 7.75. The van der Waals surface area contributed by atoms with E-state index in [9.17, 15) is 9.59 Å². The van der Waals surface area contributed by atoms with Crippen LogP contribution in [0.1, 0.15) is 19.3 Å². The van der Waals surface area contributed by atoms with Gasteiger partial charge in [0.2, 0.25) is 5.91 Å². The monoisotopic (exact) mass is 301 g/mol. The molecule has 0 spiro atoms. The van der Waals surface area contributed by atoms with Gasteiger partial charge in [0.05, 0.1) is 11.6 Å². The first kappa shape index (κ1) is 13.6. The van der Waals surface area contributed by atoms with Gasteiger partial charge in [-0.05, 0) is 43.2 Å². The van der Waals surface area contributed by atoms with Gasteiger partial charge in [0, 0.05) is 17.8 Å². The summed E-state index contributed by atoms with van der Waals surface area (Å²) in [5, 5.41) is 5.68. The lowest BCUT2D eigenvalue weighted by Gasteiger charge is -2.27. The van der Waals surface area contributed by atoms with Gasteiger partial charge in [0.15, 0.2) is 6.61 Å². The molecule has 0 radical (unpaired) electrons. The molecule has 1 aliphatic heterocycles. The van der Waals surface area contributed by atoms with E-state index in [2.05, 4.69) is 10.6 Å². The fraction of sp³-hybridized carbons (Fsp3) is 0.500. The van der Waals surface area contributed by atoms with Crippen molar-refractivity contribution in [2.24, 2.45) is 23.5 Å². The van der Waals surface area contributed by atoms with Gasteiger partial charge in [-0.1, -0.05) is 0 Å². The molecule has 3 aliphatic rings. The van der Waals surface area contributed by atoms with Gasteiger partial charge in [-0.2, -0.15) is 0 Å². The number of nitrogens with one attached hydrogen (secondary N) is 2. The highest BCUT2D eigenvalue weighted by Gasteiger charge is 2.49. The van der Waals surface area contributed by atoms with Crippen LogP contribution in [-0.2, 0) is 9.59 Å². The number of ether oxygens (including phenoxy) is 1. The van der Waals surface area contributed by atoms with E-state index >= 15 is 0 Å². The maximum absolute atomic E-state index is 12.5. The van der Waals surface area contributed by atoms with Gasteiger partial charge in [0.1, 0.15) is 5.75 Å². The zero-order chi connectivity index (χ0) is 15.3. The molecule has 2 bridgehead atoms. The minimum Gasteiger partial charge on any atom is -0.482 e. The van der Waals surface area contributed by atoms with Crippen molar-refractivity contribution in [1.29, 1.82) is 0 Å². The normalized spacial score (nSPS) is 32.1. The van der Waals surface area contributed by atoms with Gasteiger partial charge < -0.3 is 21.1 Å². The fourth-order valence-corrected chi connectivity index (χ4v) is 4.10.